The Hall–Kier alpha value is -2.99. The van der Waals surface area contributed by atoms with Crippen LogP contribution in [0.2, 0.25) is 0 Å². The van der Waals surface area contributed by atoms with Crippen molar-refractivity contribution in [1.29, 1.82) is 0 Å². The van der Waals surface area contributed by atoms with Crippen LogP contribution in [0.4, 0.5) is 5.82 Å². The molecule has 0 saturated carbocycles. The Labute approximate surface area is 164 Å². The number of piperazine rings is 1. The highest BCUT2D eigenvalue weighted by atomic mass is 16.1. The third-order valence-electron chi connectivity index (χ3n) is 5.51. The summed E-state index contributed by atoms with van der Waals surface area (Å²) in [5.74, 6) is 0.504. The largest absolute Gasteiger partial charge is 0.366 e. The van der Waals surface area contributed by atoms with Crippen molar-refractivity contribution in [2.45, 2.75) is 32.9 Å². The van der Waals surface area contributed by atoms with E-state index in [-0.39, 0.29) is 0 Å². The van der Waals surface area contributed by atoms with Crippen molar-refractivity contribution in [3.63, 3.8) is 0 Å². The lowest BCUT2D eigenvalue weighted by atomic mass is 9.96. The zero-order valence-corrected chi connectivity index (χ0v) is 16.4. The molecule has 144 valence electrons. The molecule has 28 heavy (non-hydrogen) atoms. The van der Waals surface area contributed by atoms with Crippen LogP contribution >= 0.6 is 0 Å². The average Bonchev–Trinajstić information content (AvgIpc) is 2.69. The second-order valence-corrected chi connectivity index (χ2v) is 7.67. The highest BCUT2D eigenvalue weighted by Crippen LogP contribution is 2.31. The van der Waals surface area contributed by atoms with E-state index in [9.17, 15) is 4.79 Å². The summed E-state index contributed by atoms with van der Waals surface area (Å²) in [7, 11) is 0. The van der Waals surface area contributed by atoms with E-state index in [4.69, 9.17) is 5.73 Å². The first-order valence-corrected chi connectivity index (χ1v) is 9.60. The zero-order valence-electron chi connectivity index (χ0n) is 16.4. The van der Waals surface area contributed by atoms with Gasteiger partial charge in [-0.1, -0.05) is 12.1 Å². The number of primary amides is 1. The molecule has 6 heteroatoms. The standard InChI is InChI=1S/C22H25N5O/c1-13-4-5-17(21(23)28)9-20(13)16-6-7-19-18(8-16)11-25-26-22(19)27-12-14(2)24-10-15(27)3/h4-9,11,14-15,24H,10,12H2,1-3H3,(H2,23,28)/t14-,15+/m1/s1. The number of carbonyl (C=O) groups excluding carboxylic acids is 1. The molecule has 1 aromatic heterocycles. The molecule has 2 atom stereocenters. The molecule has 0 aliphatic carbocycles. The van der Waals surface area contributed by atoms with Gasteiger partial charge in [0.25, 0.3) is 0 Å². The maximum Gasteiger partial charge on any atom is 0.248 e. The van der Waals surface area contributed by atoms with Gasteiger partial charge < -0.3 is 16.0 Å². The average molecular weight is 375 g/mol. The van der Waals surface area contributed by atoms with Crippen LogP contribution in [0.5, 0.6) is 0 Å². The summed E-state index contributed by atoms with van der Waals surface area (Å²) in [4.78, 5) is 13.9. The summed E-state index contributed by atoms with van der Waals surface area (Å²) in [6, 6.07) is 12.6. The van der Waals surface area contributed by atoms with Gasteiger partial charge in [-0.05, 0) is 61.7 Å². The first-order valence-electron chi connectivity index (χ1n) is 9.60. The molecule has 2 heterocycles. The highest BCUT2D eigenvalue weighted by molar-refractivity contribution is 5.97. The summed E-state index contributed by atoms with van der Waals surface area (Å²) in [6.07, 6.45) is 1.80. The predicted molar refractivity (Wildman–Crippen MR) is 113 cm³/mol. The van der Waals surface area contributed by atoms with Gasteiger partial charge >= 0.3 is 0 Å². The minimum Gasteiger partial charge on any atom is -0.366 e. The Bertz CT molecular complexity index is 1050. The minimum atomic E-state index is -0.419. The van der Waals surface area contributed by atoms with E-state index in [1.54, 1.807) is 12.3 Å². The van der Waals surface area contributed by atoms with Crippen molar-refractivity contribution in [3.8, 4) is 11.1 Å². The lowest BCUT2D eigenvalue weighted by Crippen LogP contribution is -2.54. The topological polar surface area (TPSA) is 84.1 Å². The molecule has 2 aromatic carbocycles. The van der Waals surface area contributed by atoms with E-state index < -0.39 is 5.91 Å². The summed E-state index contributed by atoms with van der Waals surface area (Å²) in [5, 5.41) is 14.3. The number of rotatable bonds is 3. The number of nitrogens with zero attached hydrogens (tertiary/aromatic N) is 3. The molecule has 6 nitrogen and oxygen atoms in total. The van der Waals surface area contributed by atoms with Crippen LogP contribution in [0.1, 0.15) is 29.8 Å². The second-order valence-electron chi connectivity index (χ2n) is 7.67. The van der Waals surface area contributed by atoms with E-state index in [2.05, 4.69) is 52.5 Å². The SMILES string of the molecule is Cc1ccc(C(N)=O)cc1-c1ccc2c(N3C[C@@H](C)NC[C@@H]3C)nncc2c1. The molecule has 3 N–H and O–H groups in total. The Balaban J connectivity index is 1.79. The Morgan fingerprint density at radius 2 is 2.04 bits per heavy atom. The van der Waals surface area contributed by atoms with Gasteiger partial charge in [0.1, 0.15) is 0 Å². The maximum absolute atomic E-state index is 11.6. The number of carbonyl (C=O) groups is 1. The third-order valence-corrected chi connectivity index (χ3v) is 5.51. The van der Waals surface area contributed by atoms with Crippen LogP contribution in [-0.4, -0.2) is 41.3 Å². The van der Waals surface area contributed by atoms with E-state index in [1.165, 1.54) is 0 Å². The number of hydrogen-bond donors (Lipinski definition) is 2. The monoisotopic (exact) mass is 375 g/mol. The van der Waals surface area contributed by atoms with Gasteiger partial charge in [-0.25, -0.2) is 0 Å². The van der Waals surface area contributed by atoms with Crippen LogP contribution in [0.25, 0.3) is 21.9 Å². The predicted octanol–water partition coefficient (Wildman–Crippen LogP) is 2.89. The maximum atomic E-state index is 11.6. The number of hydrogen-bond acceptors (Lipinski definition) is 5. The van der Waals surface area contributed by atoms with E-state index >= 15 is 0 Å². The molecule has 1 saturated heterocycles. The quantitative estimate of drug-likeness (QED) is 0.735. The van der Waals surface area contributed by atoms with Crippen molar-refractivity contribution < 1.29 is 4.79 Å². The molecule has 0 radical (unpaired) electrons. The van der Waals surface area contributed by atoms with Crippen molar-refractivity contribution in [2.75, 3.05) is 18.0 Å². The fourth-order valence-electron chi connectivity index (χ4n) is 3.86. The molecular formula is C22H25N5O. The molecule has 3 aromatic rings. The number of amides is 1. The fraction of sp³-hybridized carbons (Fsp3) is 0.318. The van der Waals surface area contributed by atoms with Gasteiger partial charge in [0.05, 0.1) is 6.20 Å². The molecule has 1 fully saturated rings. The summed E-state index contributed by atoms with van der Waals surface area (Å²) in [6.45, 7) is 8.24. The summed E-state index contributed by atoms with van der Waals surface area (Å²) < 4.78 is 0. The second kappa shape index (κ2) is 7.20. The normalized spacial score (nSPS) is 19.8. The molecule has 1 amide bonds. The van der Waals surface area contributed by atoms with Crippen LogP contribution in [-0.2, 0) is 0 Å². The fourth-order valence-corrected chi connectivity index (χ4v) is 3.86. The van der Waals surface area contributed by atoms with Crippen LogP contribution in [0, 0.1) is 6.92 Å². The zero-order chi connectivity index (χ0) is 19.8. The Morgan fingerprint density at radius 3 is 2.82 bits per heavy atom. The number of benzene rings is 2. The molecular weight excluding hydrogens is 350 g/mol. The number of aromatic nitrogens is 2. The summed E-state index contributed by atoms with van der Waals surface area (Å²) >= 11 is 0. The van der Waals surface area contributed by atoms with Crippen molar-refractivity contribution in [3.05, 3.63) is 53.7 Å². The molecule has 0 spiro atoms. The lowest BCUT2D eigenvalue weighted by molar-refractivity contribution is 0.100. The van der Waals surface area contributed by atoms with Gasteiger partial charge in [0.2, 0.25) is 5.91 Å². The third kappa shape index (κ3) is 3.31. The minimum absolute atomic E-state index is 0.352. The lowest BCUT2D eigenvalue weighted by Gasteiger charge is -2.38. The van der Waals surface area contributed by atoms with Crippen LogP contribution in [0.3, 0.4) is 0 Å². The van der Waals surface area contributed by atoms with Crippen molar-refractivity contribution in [1.82, 2.24) is 15.5 Å². The van der Waals surface area contributed by atoms with E-state index in [0.717, 1.165) is 46.4 Å². The number of nitrogens with one attached hydrogen (secondary N) is 1. The van der Waals surface area contributed by atoms with E-state index in [0.29, 0.717) is 17.6 Å². The number of fused-ring (bicyclic) bond motifs is 1. The highest BCUT2D eigenvalue weighted by Gasteiger charge is 2.25. The molecule has 1 aliphatic heterocycles. The molecule has 4 rings (SSSR count). The van der Waals surface area contributed by atoms with Crippen LogP contribution in [0.15, 0.2) is 42.6 Å². The van der Waals surface area contributed by atoms with Gasteiger partial charge in [-0.2, -0.15) is 5.10 Å². The molecule has 0 unspecified atom stereocenters. The Morgan fingerprint density at radius 1 is 1.21 bits per heavy atom. The van der Waals surface area contributed by atoms with E-state index in [1.807, 2.05) is 19.1 Å². The van der Waals surface area contributed by atoms with Gasteiger partial charge in [-0.3, -0.25) is 4.79 Å². The summed E-state index contributed by atoms with van der Waals surface area (Å²) in [5.41, 5.74) is 9.10. The first kappa shape index (κ1) is 18.4. The Kier molecular flexibility index (Phi) is 4.73. The number of nitrogens with two attached hydrogens (primary N) is 1. The van der Waals surface area contributed by atoms with Crippen LogP contribution < -0.4 is 16.0 Å². The smallest absolute Gasteiger partial charge is 0.248 e. The van der Waals surface area contributed by atoms with Crippen molar-refractivity contribution >= 4 is 22.5 Å². The van der Waals surface area contributed by atoms with Gasteiger partial charge in [-0.15, -0.1) is 5.10 Å². The van der Waals surface area contributed by atoms with Gasteiger partial charge in [0, 0.05) is 41.5 Å². The van der Waals surface area contributed by atoms with Gasteiger partial charge in [0.15, 0.2) is 5.82 Å². The molecule has 0 bridgehead atoms. The molecule has 1 aliphatic rings. The number of aryl methyl sites for hydroxylation is 1. The first-order chi connectivity index (χ1) is 13.4. The number of anilines is 1. The van der Waals surface area contributed by atoms with Crippen molar-refractivity contribution in [2.24, 2.45) is 5.73 Å².